The van der Waals surface area contributed by atoms with Crippen LogP contribution in [0.3, 0.4) is 0 Å². The van der Waals surface area contributed by atoms with E-state index in [1.807, 2.05) is 0 Å². The quantitative estimate of drug-likeness (QED) is 0.712. The highest BCUT2D eigenvalue weighted by Gasteiger charge is 2.19. The largest absolute Gasteiger partial charge is 0.491 e. The maximum absolute atomic E-state index is 5.68. The van der Waals surface area contributed by atoms with Gasteiger partial charge in [-0.25, -0.2) is 0 Å². The Kier molecular flexibility index (Phi) is 6.36. The summed E-state index contributed by atoms with van der Waals surface area (Å²) in [4.78, 5) is 0. The third-order valence-corrected chi connectivity index (χ3v) is 3.36. The van der Waals surface area contributed by atoms with Gasteiger partial charge in [0.25, 0.3) is 0 Å². The summed E-state index contributed by atoms with van der Waals surface area (Å²) >= 11 is 0. The van der Waals surface area contributed by atoms with Crippen LogP contribution in [0.15, 0.2) is 24.3 Å². The number of ether oxygens (including phenoxy) is 1. The van der Waals surface area contributed by atoms with Gasteiger partial charge < -0.3 is 10.1 Å². The van der Waals surface area contributed by atoms with Crippen molar-refractivity contribution >= 4 is 0 Å². The fraction of sp³-hybridized carbons (Fsp3) is 0.647. The second-order valence-corrected chi connectivity index (χ2v) is 6.07. The summed E-state index contributed by atoms with van der Waals surface area (Å²) in [5.41, 5.74) is 1.58. The first-order valence-electron chi connectivity index (χ1n) is 7.43. The van der Waals surface area contributed by atoms with Crippen molar-refractivity contribution in [3.8, 4) is 5.75 Å². The van der Waals surface area contributed by atoms with Gasteiger partial charge in [0.15, 0.2) is 0 Å². The van der Waals surface area contributed by atoms with Crippen molar-refractivity contribution < 1.29 is 4.74 Å². The predicted octanol–water partition coefficient (Wildman–Crippen LogP) is 4.14. The summed E-state index contributed by atoms with van der Waals surface area (Å²) in [5, 5.41) is 3.47. The second kappa shape index (κ2) is 7.54. The van der Waals surface area contributed by atoms with Gasteiger partial charge in [-0.05, 0) is 62.9 Å². The molecule has 1 N–H and O–H groups in total. The van der Waals surface area contributed by atoms with Crippen molar-refractivity contribution in [2.24, 2.45) is 0 Å². The molecular formula is C17H29NO. The van der Waals surface area contributed by atoms with E-state index in [-0.39, 0.29) is 11.5 Å². The molecule has 2 heteroatoms. The molecule has 0 spiro atoms. The molecule has 0 aromatic heterocycles. The zero-order valence-corrected chi connectivity index (χ0v) is 13.1. The normalized spacial score (nSPS) is 11.9. The van der Waals surface area contributed by atoms with Crippen molar-refractivity contribution in [3.63, 3.8) is 0 Å². The second-order valence-electron chi connectivity index (χ2n) is 6.07. The minimum atomic E-state index is 0.205. The van der Waals surface area contributed by atoms with Gasteiger partial charge in [-0.1, -0.05) is 32.9 Å². The van der Waals surface area contributed by atoms with Gasteiger partial charge in [-0.15, -0.1) is 0 Å². The molecular weight excluding hydrogens is 234 g/mol. The molecule has 1 rings (SSSR count). The van der Waals surface area contributed by atoms with E-state index < -0.39 is 0 Å². The molecule has 19 heavy (non-hydrogen) atoms. The first kappa shape index (κ1) is 16.0. The fourth-order valence-electron chi connectivity index (χ4n) is 2.10. The zero-order chi connectivity index (χ0) is 14.3. The summed E-state index contributed by atoms with van der Waals surface area (Å²) < 4.78 is 5.68. The Labute approximate surface area is 118 Å². The SMILES string of the molecule is CCCNCCC(C)(C)c1ccc(OC(C)C)cc1. The lowest BCUT2D eigenvalue weighted by Crippen LogP contribution is -2.25. The van der Waals surface area contributed by atoms with Crippen molar-refractivity contribution in [2.75, 3.05) is 13.1 Å². The molecule has 0 aliphatic carbocycles. The summed E-state index contributed by atoms with van der Waals surface area (Å²) in [6.07, 6.45) is 2.58. The number of benzene rings is 1. The maximum atomic E-state index is 5.68. The van der Waals surface area contributed by atoms with Gasteiger partial charge in [0.05, 0.1) is 6.10 Å². The van der Waals surface area contributed by atoms with Gasteiger partial charge in [-0.3, -0.25) is 0 Å². The van der Waals surface area contributed by atoms with Gasteiger partial charge in [-0.2, -0.15) is 0 Å². The molecule has 0 saturated carbocycles. The predicted molar refractivity (Wildman–Crippen MR) is 83.0 cm³/mol. The van der Waals surface area contributed by atoms with Gasteiger partial charge >= 0.3 is 0 Å². The average Bonchev–Trinajstić information content (AvgIpc) is 2.35. The topological polar surface area (TPSA) is 21.3 Å². The fourth-order valence-corrected chi connectivity index (χ4v) is 2.10. The van der Waals surface area contributed by atoms with E-state index in [4.69, 9.17) is 4.74 Å². The molecule has 1 aromatic carbocycles. The molecule has 0 saturated heterocycles. The van der Waals surface area contributed by atoms with Gasteiger partial charge in [0, 0.05) is 0 Å². The first-order chi connectivity index (χ1) is 8.95. The molecule has 0 aliphatic heterocycles. The number of hydrogen-bond donors (Lipinski definition) is 1. The van der Waals surface area contributed by atoms with Crippen molar-refractivity contribution in [1.29, 1.82) is 0 Å². The van der Waals surface area contributed by atoms with Crippen LogP contribution < -0.4 is 10.1 Å². The van der Waals surface area contributed by atoms with E-state index in [9.17, 15) is 0 Å². The monoisotopic (exact) mass is 263 g/mol. The van der Waals surface area contributed by atoms with Crippen LogP contribution >= 0.6 is 0 Å². The van der Waals surface area contributed by atoms with Crippen molar-refractivity contribution in [1.82, 2.24) is 5.32 Å². The Hall–Kier alpha value is -1.02. The summed E-state index contributed by atoms with van der Waals surface area (Å²) in [7, 11) is 0. The van der Waals surface area contributed by atoms with Crippen molar-refractivity contribution in [2.45, 2.75) is 59.0 Å². The molecule has 1 aromatic rings. The molecule has 0 fully saturated rings. The van der Waals surface area contributed by atoms with Crippen LogP contribution in [0.5, 0.6) is 5.75 Å². The van der Waals surface area contributed by atoms with E-state index >= 15 is 0 Å². The van der Waals surface area contributed by atoms with Crippen LogP contribution in [0.25, 0.3) is 0 Å². The van der Waals surface area contributed by atoms with Crippen LogP contribution in [0.4, 0.5) is 0 Å². The molecule has 0 amide bonds. The van der Waals surface area contributed by atoms with Crippen molar-refractivity contribution in [3.05, 3.63) is 29.8 Å². The summed E-state index contributed by atoms with van der Waals surface area (Å²) in [5.74, 6) is 0.957. The van der Waals surface area contributed by atoms with Gasteiger partial charge in [0.2, 0.25) is 0 Å². The van der Waals surface area contributed by atoms with Crippen LogP contribution in [0.1, 0.15) is 53.0 Å². The Morgan fingerprint density at radius 1 is 1.11 bits per heavy atom. The zero-order valence-electron chi connectivity index (χ0n) is 13.1. The van der Waals surface area contributed by atoms with Crippen LogP contribution in [0.2, 0.25) is 0 Å². The third-order valence-electron chi connectivity index (χ3n) is 3.36. The van der Waals surface area contributed by atoms with Crippen LogP contribution in [-0.2, 0) is 5.41 Å². The van der Waals surface area contributed by atoms with E-state index in [2.05, 4.69) is 64.2 Å². The lowest BCUT2D eigenvalue weighted by molar-refractivity contribution is 0.242. The number of rotatable bonds is 8. The molecule has 108 valence electrons. The maximum Gasteiger partial charge on any atom is 0.119 e. The molecule has 2 nitrogen and oxygen atoms in total. The molecule has 0 atom stereocenters. The lowest BCUT2D eigenvalue weighted by atomic mass is 9.81. The Bertz CT molecular complexity index is 354. The highest BCUT2D eigenvalue weighted by molar-refractivity contribution is 5.31. The Morgan fingerprint density at radius 3 is 2.26 bits per heavy atom. The van der Waals surface area contributed by atoms with E-state index in [0.29, 0.717) is 0 Å². The molecule has 0 aliphatic rings. The number of nitrogens with one attached hydrogen (secondary N) is 1. The summed E-state index contributed by atoms with van der Waals surface area (Å²) in [6.45, 7) is 13.1. The van der Waals surface area contributed by atoms with Crippen LogP contribution in [0, 0.1) is 0 Å². The Balaban J connectivity index is 2.57. The molecule has 0 bridgehead atoms. The van der Waals surface area contributed by atoms with E-state index in [1.165, 1.54) is 12.0 Å². The smallest absolute Gasteiger partial charge is 0.119 e. The highest BCUT2D eigenvalue weighted by Crippen LogP contribution is 2.28. The minimum absolute atomic E-state index is 0.205. The highest BCUT2D eigenvalue weighted by atomic mass is 16.5. The number of hydrogen-bond acceptors (Lipinski definition) is 2. The molecule has 0 unspecified atom stereocenters. The lowest BCUT2D eigenvalue weighted by Gasteiger charge is -2.26. The molecule has 0 radical (unpaired) electrons. The Morgan fingerprint density at radius 2 is 1.74 bits per heavy atom. The van der Waals surface area contributed by atoms with Crippen LogP contribution in [-0.4, -0.2) is 19.2 Å². The van der Waals surface area contributed by atoms with E-state index in [0.717, 1.165) is 25.3 Å². The average molecular weight is 263 g/mol. The van der Waals surface area contributed by atoms with Gasteiger partial charge in [0.1, 0.15) is 5.75 Å². The summed E-state index contributed by atoms with van der Waals surface area (Å²) in [6, 6.07) is 8.54. The van der Waals surface area contributed by atoms with E-state index in [1.54, 1.807) is 0 Å². The third kappa shape index (κ3) is 5.65. The molecule has 0 heterocycles. The first-order valence-corrected chi connectivity index (χ1v) is 7.43. The minimum Gasteiger partial charge on any atom is -0.491 e. The standard InChI is InChI=1S/C17H29NO/c1-6-12-18-13-11-17(4,5)15-7-9-16(10-8-15)19-14(2)3/h7-10,14,18H,6,11-13H2,1-5H3.